The van der Waals surface area contributed by atoms with Gasteiger partial charge in [0.25, 0.3) is 0 Å². The molecule has 0 unspecified atom stereocenters. The van der Waals surface area contributed by atoms with Gasteiger partial charge in [-0.1, -0.05) is 49.7 Å². The lowest BCUT2D eigenvalue weighted by atomic mass is 10.1. The minimum Gasteiger partial charge on any atom is -0.452 e. The number of para-hydroxylation sites is 2. The molecule has 2 nitrogen and oxygen atoms in total. The molecule has 0 radical (unpaired) electrons. The summed E-state index contributed by atoms with van der Waals surface area (Å²) in [6, 6.07) is 12.0. The number of hydrogen-bond acceptors (Lipinski definition) is 2. The van der Waals surface area contributed by atoms with E-state index in [1.807, 2.05) is 12.1 Å². The predicted molar refractivity (Wildman–Crippen MR) is 84.5 cm³/mol. The van der Waals surface area contributed by atoms with E-state index >= 15 is 0 Å². The summed E-state index contributed by atoms with van der Waals surface area (Å²) in [5.74, 6) is 0.821. The molecule has 0 aliphatic rings. The molecule has 2 aromatic carbocycles. The van der Waals surface area contributed by atoms with E-state index in [4.69, 9.17) is 16.3 Å². The highest BCUT2D eigenvalue weighted by atomic mass is 35.5. The van der Waals surface area contributed by atoms with Crippen molar-refractivity contribution in [1.29, 1.82) is 0 Å². The van der Waals surface area contributed by atoms with Crippen LogP contribution in [0.1, 0.15) is 19.4 Å². The molecule has 1 N–H and O–H groups in total. The Balaban J connectivity index is 2.20. The van der Waals surface area contributed by atoms with Crippen LogP contribution in [0.4, 0.5) is 4.39 Å². The van der Waals surface area contributed by atoms with Crippen LogP contribution in [0.15, 0.2) is 42.5 Å². The highest BCUT2D eigenvalue weighted by Gasteiger charge is 2.12. The molecule has 0 aliphatic heterocycles. The topological polar surface area (TPSA) is 21.3 Å². The van der Waals surface area contributed by atoms with Gasteiger partial charge in [-0.2, -0.15) is 0 Å². The third-order valence-electron chi connectivity index (χ3n) is 2.97. The van der Waals surface area contributed by atoms with E-state index in [9.17, 15) is 4.39 Å². The van der Waals surface area contributed by atoms with Gasteiger partial charge in [0, 0.05) is 12.1 Å². The van der Waals surface area contributed by atoms with E-state index in [0.717, 1.165) is 12.1 Å². The van der Waals surface area contributed by atoms with Gasteiger partial charge in [0.2, 0.25) is 0 Å². The van der Waals surface area contributed by atoms with Gasteiger partial charge >= 0.3 is 0 Å². The molecule has 4 heteroatoms. The van der Waals surface area contributed by atoms with Gasteiger partial charge in [0.15, 0.2) is 11.6 Å². The van der Waals surface area contributed by atoms with Crippen LogP contribution < -0.4 is 10.1 Å². The minimum atomic E-state index is -0.390. The number of nitrogens with one attached hydrogen (secondary N) is 1. The molecule has 0 saturated carbocycles. The van der Waals surface area contributed by atoms with Gasteiger partial charge in [-0.05, 0) is 30.7 Å². The van der Waals surface area contributed by atoms with Crippen LogP contribution in [0.3, 0.4) is 0 Å². The minimum absolute atomic E-state index is 0.224. The molecule has 0 fully saturated rings. The summed E-state index contributed by atoms with van der Waals surface area (Å²) >= 11 is 6.06. The fraction of sp³-hybridized carbons (Fsp3) is 0.294. The lowest BCUT2D eigenvalue weighted by Gasteiger charge is -2.14. The number of rotatable bonds is 6. The first-order chi connectivity index (χ1) is 10.1. The standard InChI is InChI=1S/C17H19ClFNO/c1-12(2)10-20-11-13-6-5-8-15(19)17(13)21-16-9-4-3-7-14(16)18/h3-9,12,20H,10-11H2,1-2H3. The Morgan fingerprint density at radius 3 is 2.62 bits per heavy atom. The van der Waals surface area contributed by atoms with Gasteiger partial charge < -0.3 is 10.1 Å². The van der Waals surface area contributed by atoms with E-state index in [-0.39, 0.29) is 5.75 Å². The van der Waals surface area contributed by atoms with Crippen molar-refractivity contribution in [3.8, 4) is 11.5 Å². The Hall–Kier alpha value is -1.58. The molecule has 2 aromatic rings. The third-order valence-corrected chi connectivity index (χ3v) is 3.28. The predicted octanol–water partition coefficient (Wildman–Crippen LogP) is 5.02. The number of ether oxygens (including phenoxy) is 1. The van der Waals surface area contributed by atoms with Crippen molar-refractivity contribution >= 4 is 11.6 Å². The summed E-state index contributed by atoms with van der Waals surface area (Å²) in [6.07, 6.45) is 0. The average Bonchev–Trinajstić information content (AvgIpc) is 2.44. The van der Waals surface area contributed by atoms with Crippen molar-refractivity contribution in [2.24, 2.45) is 5.92 Å². The maximum absolute atomic E-state index is 14.1. The van der Waals surface area contributed by atoms with Crippen LogP contribution in [-0.2, 0) is 6.54 Å². The molecule has 0 aromatic heterocycles. The zero-order chi connectivity index (χ0) is 15.2. The fourth-order valence-corrected chi connectivity index (χ4v) is 2.11. The second-order valence-corrected chi connectivity index (χ2v) is 5.69. The van der Waals surface area contributed by atoms with Crippen molar-refractivity contribution in [1.82, 2.24) is 5.32 Å². The molecule has 0 saturated heterocycles. The van der Waals surface area contributed by atoms with Crippen molar-refractivity contribution < 1.29 is 9.13 Å². The first-order valence-electron chi connectivity index (χ1n) is 6.98. The second kappa shape index (κ2) is 7.43. The molecule has 0 bridgehead atoms. The van der Waals surface area contributed by atoms with E-state index in [1.165, 1.54) is 6.07 Å². The van der Waals surface area contributed by atoms with Crippen molar-refractivity contribution in [3.63, 3.8) is 0 Å². The van der Waals surface area contributed by atoms with Crippen LogP contribution >= 0.6 is 11.6 Å². The zero-order valence-corrected chi connectivity index (χ0v) is 13.0. The SMILES string of the molecule is CC(C)CNCc1cccc(F)c1Oc1ccccc1Cl. The van der Waals surface area contributed by atoms with Gasteiger partial charge in [0.05, 0.1) is 5.02 Å². The van der Waals surface area contributed by atoms with Crippen LogP contribution in [0.2, 0.25) is 5.02 Å². The van der Waals surface area contributed by atoms with Crippen molar-refractivity contribution in [3.05, 3.63) is 58.9 Å². The Morgan fingerprint density at radius 1 is 1.14 bits per heavy atom. The van der Waals surface area contributed by atoms with Crippen LogP contribution in [0.5, 0.6) is 11.5 Å². The summed E-state index contributed by atoms with van der Waals surface area (Å²) in [6.45, 7) is 5.66. The Morgan fingerprint density at radius 2 is 1.90 bits per heavy atom. The quantitative estimate of drug-likeness (QED) is 0.809. The highest BCUT2D eigenvalue weighted by molar-refractivity contribution is 6.32. The number of hydrogen-bond donors (Lipinski definition) is 1. The smallest absolute Gasteiger partial charge is 0.167 e. The van der Waals surface area contributed by atoms with Crippen LogP contribution in [0, 0.1) is 11.7 Å². The van der Waals surface area contributed by atoms with E-state index in [2.05, 4.69) is 19.2 Å². The summed E-state index contributed by atoms with van der Waals surface area (Å²) in [5, 5.41) is 3.75. The Kier molecular flexibility index (Phi) is 5.59. The first kappa shape index (κ1) is 15.8. The van der Waals surface area contributed by atoms with Crippen LogP contribution in [-0.4, -0.2) is 6.54 Å². The Labute approximate surface area is 129 Å². The molecular weight excluding hydrogens is 289 g/mol. The lowest BCUT2D eigenvalue weighted by Crippen LogP contribution is -2.19. The molecule has 0 atom stereocenters. The summed E-state index contributed by atoms with van der Waals surface area (Å²) in [7, 11) is 0. The van der Waals surface area contributed by atoms with Gasteiger partial charge in [-0.25, -0.2) is 4.39 Å². The molecular formula is C17H19ClFNO. The molecule has 112 valence electrons. The lowest BCUT2D eigenvalue weighted by molar-refractivity contribution is 0.432. The third kappa shape index (κ3) is 4.45. The van der Waals surface area contributed by atoms with Crippen LogP contribution in [0.25, 0.3) is 0 Å². The summed E-state index contributed by atoms with van der Waals surface area (Å²) < 4.78 is 19.7. The normalized spacial score (nSPS) is 10.9. The van der Waals surface area contributed by atoms with Crippen molar-refractivity contribution in [2.45, 2.75) is 20.4 Å². The monoisotopic (exact) mass is 307 g/mol. The van der Waals surface area contributed by atoms with E-state index in [1.54, 1.807) is 24.3 Å². The molecule has 0 aliphatic carbocycles. The maximum atomic E-state index is 14.1. The first-order valence-corrected chi connectivity index (χ1v) is 7.36. The summed E-state index contributed by atoms with van der Waals surface area (Å²) in [5.41, 5.74) is 0.774. The summed E-state index contributed by atoms with van der Waals surface area (Å²) in [4.78, 5) is 0. The number of halogens is 2. The fourth-order valence-electron chi connectivity index (χ4n) is 1.94. The maximum Gasteiger partial charge on any atom is 0.167 e. The molecule has 0 heterocycles. The molecule has 0 spiro atoms. The largest absolute Gasteiger partial charge is 0.452 e. The van der Waals surface area contributed by atoms with Crippen molar-refractivity contribution in [2.75, 3.05) is 6.54 Å². The van der Waals surface area contributed by atoms with E-state index < -0.39 is 5.82 Å². The molecule has 21 heavy (non-hydrogen) atoms. The van der Waals surface area contributed by atoms with Gasteiger partial charge in [-0.3, -0.25) is 0 Å². The number of benzene rings is 2. The second-order valence-electron chi connectivity index (χ2n) is 5.29. The Bertz CT molecular complexity index is 601. The van der Waals surface area contributed by atoms with Gasteiger partial charge in [-0.15, -0.1) is 0 Å². The van der Waals surface area contributed by atoms with Gasteiger partial charge in [0.1, 0.15) is 5.75 Å². The highest BCUT2D eigenvalue weighted by Crippen LogP contribution is 2.32. The average molecular weight is 308 g/mol. The van der Waals surface area contributed by atoms with E-state index in [0.29, 0.717) is 23.2 Å². The molecule has 2 rings (SSSR count). The molecule has 0 amide bonds. The zero-order valence-electron chi connectivity index (χ0n) is 12.2.